The van der Waals surface area contributed by atoms with E-state index in [2.05, 4.69) is 10.3 Å². The summed E-state index contributed by atoms with van der Waals surface area (Å²) in [5, 5.41) is 10.5. The molecule has 1 aromatic carbocycles. The number of nitrogens with zero attached hydrogens (tertiary/aromatic N) is 2. The van der Waals surface area contributed by atoms with E-state index in [-0.39, 0.29) is 11.0 Å². The average Bonchev–Trinajstić information content (AvgIpc) is 2.10. The molecule has 0 aliphatic rings. The molecule has 1 aromatic rings. The highest BCUT2D eigenvalue weighted by molar-refractivity contribution is 6.33. The number of hydrogen-bond acceptors (Lipinski definition) is 2. The Morgan fingerprint density at radius 1 is 1.64 bits per heavy atom. The van der Waals surface area contributed by atoms with Crippen LogP contribution in [0.1, 0.15) is 0 Å². The van der Waals surface area contributed by atoms with E-state index in [1.54, 1.807) is 6.19 Å². The molecule has 0 bridgehead atoms. The van der Waals surface area contributed by atoms with Gasteiger partial charge in [0.2, 0.25) is 5.96 Å². The summed E-state index contributed by atoms with van der Waals surface area (Å²) in [6.07, 6.45) is 1.60. The number of hydrogen-bond donors (Lipinski definition) is 2. The summed E-state index contributed by atoms with van der Waals surface area (Å²) in [6, 6.07) is 3.67. The van der Waals surface area contributed by atoms with E-state index in [0.29, 0.717) is 5.69 Å². The SMILES string of the molecule is N#CNC(N)=Nc1ccc(F)cc1Cl. The highest BCUT2D eigenvalue weighted by Gasteiger charge is 2.00. The van der Waals surface area contributed by atoms with Gasteiger partial charge in [0, 0.05) is 0 Å². The number of aliphatic imine (C=N–C) groups is 1. The molecule has 0 amide bonds. The lowest BCUT2D eigenvalue weighted by Crippen LogP contribution is -2.26. The maximum Gasteiger partial charge on any atom is 0.207 e. The van der Waals surface area contributed by atoms with Crippen LogP contribution in [0.5, 0.6) is 0 Å². The molecule has 0 spiro atoms. The van der Waals surface area contributed by atoms with Crippen LogP contribution in [-0.4, -0.2) is 5.96 Å². The molecule has 14 heavy (non-hydrogen) atoms. The minimum Gasteiger partial charge on any atom is -0.369 e. The molecule has 4 nitrogen and oxygen atoms in total. The summed E-state index contributed by atoms with van der Waals surface area (Å²) < 4.78 is 12.6. The summed E-state index contributed by atoms with van der Waals surface area (Å²) in [7, 11) is 0. The lowest BCUT2D eigenvalue weighted by molar-refractivity contribution is 0.628. The number of guanidine groups is 1. The monoisotopic (exact) mass is 212 g/mol. The van der Waals surface area contributed by atoms with Crippen LogP contribution in [0.4, 0.5) is 10.1 Å². The predicted octanol–water partition coefficient (Wildman–Crippen LogP) is 1.50. The van der Waals surface area contributed by atoms with Crippen LogP contribution in [0, 0.1) is 17.3 Å². The summed E-state index contributed by atoms with van der Waals surface area (Å²) in [4.78, 5) is 3.75. The first-order chi connectivity index (χ1) is 6.63. The van der Waals surface area contributed by atoms with Crippen molar-refractivity contribution in [2.24, 2.45) is 10.7 Å². The zero-order chi connectivity index (χ0) is 10.6. The van der Waals surface area contributed by atoms with Crippen molar-refractivity contribution in [1.29, 1.82) is 5.26 Å². The van der Waals surface area contributed by atoms with Gasteiger partial charge in [0.1, 0.15) is 5.82 Å². The summed E-state index contributed by atoms with van der Waals surface area (Å²) in [6.45, 7) is 0. The largest absolute Gasteiger partial charge is 0.369 e. The second-order valence-corrected chi connectivity index (χ2v) is 2.74. The summed E-state index contributed by atoms with van der Waals surface area (Å²) in [5.74, 6) is -0.554. The third-order valence-corrected chi connectivity index (χ3v) is 1.64. The quantitative estimate of drug-likeness (QED) is 0.321. The molecular formula is C8H6ClFN4. The topological polar surface area (TPSA) is 74.2 Å². The van der Waals surface area contributed by atoms with Crippen LogP contribution in [0.25, 0.3) is 0 Å². The second kappa shape index (κ2) is 4.44. The molecule has 0 saturated heterocycles. The van der Waals surface area contributed by atoms with Crippen LogP contribution >= 0.6 is 11.6 Å². The van der Waals surface area contributed by atoms with E-state index >= 15 is 0 Å². The van der Waals surface area contributed by atoms with Gasteiger partial charge in [-0.2, -0.15) is 5.26 Å². The van der Waals surface area contributed by atoms with Gasteiger partial charge in [-0.3, -0.25) is 5.32 Å². The molecule has 0 radical (unpaired) electrons. The van der Waals surface area contributed by atoms with E-state index in [4.69, 9.17) is 22.6 Å². The number of nitrogens with one attached hydrogen (secondary N) is 1. The van der Waals surface area contributed by atoms with E-state index in [1.165, 1.54) is 12.1 Å². The number of nitriles is 1. The molecular weight excluding hydrogens is 207 g/mol. The van der Waals surface area contributed by atoms with E-state index in [1.807, 2.05) is 0 Å². The number of benzene rings is 1. The molecule has 0 unspecified atom stereocenters. The molecule has 0 aliphatic carbocycles. The Bertz CT molecular complexity index is 410. The van der Waals surface area contributed by atoms with E-state index in [0.717, 1.165) is 6.07 Å². The maximum atomic E-state index is 12.6. The Hall–Kier alpha value is -1.80. The van der Waals surface area contributed by atoms with Gasteiger partial charge < -0.3 is 5.73 Å². The Labute approximate surface area is 84.8 Å². The van der Waals surface area contributed by atoms with Crippen LogP contribution in [0.3, 0.4) is 0 Å². The maximum absolute atomic E-state index is 12.6. The molecule has 72 valence electrons. The fourth-order valence-corrected chi connectivity index (χ4v) is 0.996. The molecule has 0 saturated carbocycles. The lowest BCUT2D eigenvalue weighted by atomic mass is 10.3. The standard InChI is InChI=1S/C8H6ClFN4/c9-6-3-5(10)1-2-7(6)14-8(12)13-4-11/h1-3H,(H3,12,13,14). The summed E-state index contributed by atoms with van der Waals surface area (Å²) >= 11 is 5.66. The first kappa shape index (κ1) is 10.3. The van der Waals surface area contributed by atoms with Gasteiger partial charge in [-0.05, 0) is 18.2 Å². The highest BCUT2D eigenvalue weighted by atomic mass is 35.5. The van der Waals surface area contributed by atoms with Crippen molar-refractivity contribution in [2.45, 2.75) is 0 Å². The fraction of sp³-hybridized carbons (Fsp3) is 0. The van der Waals surface area contributed by atoms with Gasteiger partial charge in [-0.15, -0.1) is 0 Å². The highest BCUT2D eigenvalue weighted by Crippen LogP contribution is 2.24. The molecule has 6 heteroatoms. The molecule has 1 rings (SSSR count). The minimum atomic E-state index is -0.458. The molecule has 0 heterocycles. The number of rotatable bonds is 1. The fourth-order valence-electron chi connectivity index (χ4n) is 0.787. The third kappa shape index (κ3) is 2.61. The van der Waals surface area contributed by atoms with Gasteiger partial charge in [0.15, 0.2) is 6.19 Å². The van der Waals surface area contributed by atoms with Crippen molar-refractivity contribution in [3.8, 4) is 6.19 Å². The zero-order valence-corrected chi connectivity index (χ0v) is 7.72. The molecule has 3 N–H and O–H groups in total. The Morgan fingerprint density at radius 2 is 2.36 bits per heavy atom. The third-order valence-electron chi connectivity index (χ3n) is 1.33. The van der Waals surface area contributed by atoms with Crippen molar-refractivity contribution < 1.29 is 4.39 Å². The minimum absolute atomic E-state index is 0.0963. The van der Waals surface area contributed by atoms with Crippen LogP contribution in [0.2, 0.25) is 5.02 Å². The van der Waals surface area contributed by atoms with Gasteiger partial charge in [0.05, 0.1) is 10.7 Å². The first-order valence-electron chi connectivity index (χ1n) is 3.58. The van der Waals surface area contributed by atoms with Crippen LogP contribution in [-0.2, 0) is 0 Å². The lowest BCUT2D eigenvalue weighted by Gasteiger charge is -1.99. The van der Waals surface area contributed by atoms with Gasteiger partial charge in [-0.25, -0.2) is 9.38 Å². The van der Waals surface area contributed by atoms with Gasteiger partial charge in [-0.1, -0.05) is 11.6 Å². The Balaban J connectivity index is 2.98. The normalized spacial score (nSPS) is 10.8. The molecule has 0 fully saturated rings. The number of nitrogens with two attached hydrogens (primary N) is 1. The average molecular weight is 213 g/mol. The molecule has 0 aliphatic heterocycles. The number of halogens is 2. The zero-order valence-electron chi connectivity index (χ0n) is 6.96. The predicted molar refractivity (Wildman–Crippen MR) is 51.4 cm³/mol. The van der Waals surface area contributed by atoms with E-state index in [9.17, 15) is 4.39 Å². The van der Waals surface area contributed by atoms with Crippen molar-refractivity contribution in [3.63, 3.8) is 0 Å². The summed E-state index contributed by atoms with van der Waals surface area (Å²) in [5.41, 5.74) is 5.59. The smallest absolute Gasteiger partial charge is 0.207 e. The van der Waals surface area contributed by atoms with Crippen molar-refractivity contribution in [1.82, 2.24) is 5.32 Å². The van der Waals surface area contributed by atoms with Crippen molar-refractivity contribution in [3.05, 3.63) is 29.0 Å². The van der Waals surface area contributed by atoms with Crippen molar-refractivity contribution >= 4 is 23.2 Å². The van der Waals surface area contributed by atoms with Crippen LogP contribution < -0.4 is 11.1 Å². The van der Waals surface area contributed by atoms with E-state index < -0.39 is 5.82 Å². The first-order valence-corrected chi connectivity index (χ1v) is 3.95. The van der Waals surface area contributed by atoms with Gasteiger partial charge in [0.25, 0.3) is 0 Å². The second-order valence-electron chi connectivity index (χ2n) is 2.33. The van der Waals surface area contributed by atoms with Crippen LogP contribution in [0.15, 0.2) is 23.2 Å². The Kier molecular flexibility index (Phi) is 3.26. The van der Waals surface area contributed by atoms with Crippen molar-refractivity contribution in [2.75, 3.05) is 0 Å². The molecule has 0 atom stereocenters. The Morgan fingerprint density at radius 3 is 2.93 bits per heavy atom. The molecule has 0 aromatic heterocycles. The van der Waals surface area contributed by atoms with Gasteiger partial charge >= 0.3 is 0 Å².